The van der Waals surface area contributed by atoms with Crippen LogP contribution in [0.1, 0.15) is 56.0 Å². The van der Waals surface area contributed by atoms with E-state index in [1.165, 1.54) is 6.08 Å². The lowest BCUT2D eigenvalue weighted by Gasteiger charge is -2.15. The minimum Gasteiger partial charge on any atom is -0.494 e. The molecule has 0 atom stereocenters. The molecule has 162 valence electrons. The van der Waals surface area contributed by atoms with Crippen molar-refractivity contribution in [1.29, 1.82) is 0 Å². The first-order valence-corrected chi connectivity index (χ1v) is 10.6. The molecule has 0 aromatic heterocycles. The maximum atomic E-state index is 12.7. The second-order valence-electron chi connectivity index (χ2n) is 6.81. The molecule has 2 rings (SSSR count). The van der Waals surface area contributed by atoms with E-state index >= 15 is 0 Å². The lowest BCUT2D eigenvalue weighted by atomic mass is 10.1. The summed E-state index contributed by atoms with van der Waals surface area (Å²) in [7, 11) is 1.60. The molecule has 0 saturated carbocycles. The van der Waals surface area contributed by atoms with Gasteiger partial charge >= 0.3 is 0 Å². The maximum Gasteiger partial charge on any atom is 0.185 e. The second-order valence-corrected chi connectivity index (χ2v) is 6.81. The minimum atomic E-state index is -0.114. The van der Waals surface area contributed by atoms with E-state index in [9.17, 15) is 4.79 Å². The van der Waals surface area contributed by atoms with Crippen LogP contribution in [0.3, 0.4) is 0 Å². The zero-order valence-corrected chi connectivity index (χ0v) is 18.4. The highest BCUT2D eigenvalue weighted by Crippen LogP contribution is 2.37. The van der Waals surface area contributed by atoms with Crippen LogP contribution in [0.5, 0.6) is 23.0 Å². The molecule has 5 heteroatoms. The topological polar surface area (TPSA) is 54.0 Å². The standard InChI is InChI=1S/C25H32O5/c1-5-13-28-21-10-8-9-19(16-21)23(26)12-11-20-17-22(29-14-6-2)18-24(27-4)25(20)30-15-7-3/h8-12,16-18H,5-7,13-15H2,1-4H3/b12-11+. The largest absolute Gasteiger partial charge is 0.494 e. The first-order valence-electron chi connectivity index (χ1n) is 10.6. The molecular formula is C25H32O5. The zero-order valence-electron chi connectivity index (χ0n) is 18.4. The molecule has 0 aliphatic rings. The predicted octanol–water partition coefficient (Wildman–Crippen LogP) is 5.96. The highest BCUT2D eigenvalue weighted by molar-refractivity contribution is 6.07. The summed E-state index contributed by atoms with van der Waals surface area (Å²) in [5.41, 5.74) is 1.31. The first-order chi connectivity index (χ1) is 14.6. The van der Waals surface area contributed by atoms with Gasteiger partial charge in [-0.25, -0.2) is 0 Å². The third-order valence-corrected chi connectivity index (χ3v) is 4.21. The number of carbonyl (C=O) groups excluding carboxylic acids is 1. The Bertz CT molecular complexity index is 841. The second kappa shape index (κ2) is 12.6. The van der Waals surface area contributed by atoms with Crippen LogP contribution in [0.25, 0.3) is 6.08 Å². The maximum absolute atomic E-state index is 12.7. The van der Waals surface area contributed by atoms with Crippen LogP contribution in [0, 0.1) is 0 Å². The average Bonchev–Trinajstić information content (AvgIpc) is 2.78. The van der Waals surface area contributed by atoms with Crippen LogP contribution in [0.15, 0.2) is 42.5 Å². The van der Waals surface area contributed by atoms with Crippen molar-refractivity contribution in [3.63, 3.8) is 0 Å². The number of ketones is 1. The van der Waals surface area contributed by atoms with Gasteiger partial charge in [-0.05, 0) is 49.6 Å². The van der Waals surface area contributed by atoms with Gasteiger partial charge in [0.1, 0.15) is 11.5 Å². The lowest BCUT2D eigenvalue weighted by Crippen LogP contribution is -2.02. The van der Waals surface area contributed by atoms with Gasteiger partial charge in [-0.3, -0.25) is 4.79 Å². The molecule has 30 heavy (non-hydrogen) atoms. The zero-order chi connectivity index (χ0) is 21.8. The van der Waals surface area contributed by atoms with Crippen molar-refractivity contribution in [1.82, 2.24) is 0 Å². The Kier molecular flexibility index (Phi) is 9.78. The summed E-state index contributed by atoms with van der Waals surface area (Å²) >= 11 is 0. The van der Waals surface area contributed by atoms with Gasteiger partial charge in [0.25, 0.3) is 0 Å². The Morgan fingerprint density at radius 1 is 0.867 bits per heavy atom. The van der Waals surface area contributed by atoms with Crippen LogP contribution >= 0.6 is 0 Å². The molecule has 0 amide bonds. The van der Waals surface area contributed by atoms with Gasteiger partial charge in [-0.15, -0.1) is 0 Å². The van der Waals surface area contributed by atoms with Gasteiger partial charge in [0, 0.05) is 17.2 Å². The number of allylic oxidation sites excluding steroid dienone is 1. The summed E-state index contributed by atoms with van der Waals surface area (Å²) < 4.78 is 22.8. The van der Waals surface area contributed by atoms with E-state index in [1.807, 2.05) is 45.0 Å². The molecule has 0 aliphatic heterocycles. The normalized spacial score (nSPS) is 10.8. The average molecular weight is 413 g/mol. The smallest absolute Gasteiger partial charge is 0.185 e. The number of ether oxygens (including phenoxy) is 4. The first kappa shape index (κ1) is 23.3. The molecule has 0 spiro atoms. The fourth-order valence-electron chi connectivity index (χ4n) is 2.76. The minimum absolute atomic E-state index is 0.114. The summed E-state index contributed by atoms with van der Waals surface area (Å²) in [5.74, 6) is 2.45. The Hall–Kier alpha value is -2.95. The van der Waals surface area contributed by atoms with Crippen LogP contribution in [0.2, 0.25) is 0 Å². The van der Waals surface area contributed by atoms with Crippen molar-refractivity contribution in [2.45, 2.75) is 40.0 Å². The van der Waals surface area contributed by atoms with Gasteiger partial charge in [-0.2, -0.15) is 0 Å². The van der Waals surface area contributed by atoms with Crippen molar-refractivity contribution < 1.29 is 23.7 Å². The van der Waals surface area contributed by atoms with Crippen LogP contribution in [-0.2, 0) is 0 Å². The van der Waals surface area contributed by atoms with Crippen LogP contribution in [-0.4, -0.2) is 32.7 Å². The Morgan fingerprint density at radius 2 is 1.53 bits per heavy atom. The highest BCUT2D eigenvalue weighted by atomic mass is 16.5. The molecule has 0 unspecified atom stereocenters. The van der Waals surface area contributed by atoms with E-state index in [-0.39, 0.29) is 5.78 Å². The summed E-state index contributed by atoms with van der Waals surface area (Å²) in [4.78, 5) is 12.7. The number of rotatable bonds is 13. The third-order valence-electron chi connectivity index (χ3n) is 4.21. The molecule has 0 N–H and O–H groups in total. The van der Waals surface area contributed by atoms with E-state index in [0.717, 1.165) is 24.8 Å². The predicted molar refractivity (Wildman–Crippen MR) is 120 cm³/mol. The van der Waals surface area contributed by atoms with Crippen molar-refractivity contribution in [2.24, 2.45) is 0 Å². The van der Waals surface area contributed by atoms with E-state index < -0.39 is 0 Å². The molecule has 2 aromatic rings. The molecule has 0 aliphatic carbocycles. The third kappa shape index (κ3) is 6.83. The van der Waals surface area contributed by atoms with E-state index in [0.29, 0.717) is 48.4 Å². The van der Waals surface area contributed by atoms with E-state index in [2.05, 4.69) is 0 Å². The summed E-state index contributed by atoms with van der Waals surface area (Å²) in [6.07, 6.45) is 5.96. The van der Waals surface area contributed by atoms with E-state index in [1.54, 1.807) is 25.3 Å². The summed E-state index contributed by atoms with van der Waals surface area (Å²) in [6.45, 7) is 7.91. The van der Waals surface area contributed by atoms with Crippen molar-refractivity contribution in [3.05, 3.63) is 53.6 Å². The number of methoxy groups -OCH3 is 1. The summed E-state index contributed by atoms with van der Waals surface area (Å²) in [6, 6.07) is 10.9. The van der Waals surface area contributed by atoms with Crippen LogP contribution < -0.4 is 18.9 Å². The fourth-order valence-corrected chi connectivity index (χ4v) is 2.76. The molecule has 0 saturated heterocycles. The molecular weight excluding hydrogens is 380 g/mol. The number of hydrogen-bond donors (Lipinski definition) is 0. The van der Waals surface area contributed by atoms with Crippen molar-refractivity contribution >= 4 is 11.9 Å². The number of benzene rings is 2. The van der Waals surface area contributed by atoms with Crippen molar-refractivity contribution in [2.75, 3.05) is 26.9 Å². The van der Waals surface area contributed by atoms with Gasteiger partial charge in [0.15, 0.2) is 17.3 Å². The summed E-state index contributed by atoms with van der Waals surface area (Å²) in [5, 5.41) is 0. The number of carbonyl (C=O) groups is 1. The van der Waals surface area contributed by atoms with Gasteiger partial charge in [0.05, 0.1) is 26.9 Å². The fraction of sp³-hybridized carbons (Fsp3) is 0.400. The molecule has 0 bridgehead atoms. The Morgan fingerprint density at radius 3 is 2.20 bits per heavy atom. The quantitative estimate of drug-likeness (QED) is 0.300. The molecule has 2 aromatic carbocycles. The lowest BCUT2D eigenvalue weighted by molar-refractivity contribution is 0.104. The Labute approximate surface area is 179 Å². The molecule has 5 nitrogen and oxygen atoms in total. The highest BCUT2D eigenvalue weighted by Gasteiger charge is 2.13. The van der Waals surface area contributed by atoms with Gasteiger partial charge in [-0.1, -0.05) is 32.9 Å². The SMILES string of the molecule is CCCOc1cccc(C(=O)/C=C/c2cc(OCCC)cc(OC)c2OCCC)c1. The molecule has 0 fully saturated rings. The van der Waals surface area contributed by atoms with Gasteiger partial charge < -0.3 is 18.9 Å². The van der Waals surface area contributed by atoms with E-state index in [4.69, 9.17) is 18.9 Å². The molecule has 0 radical (unpaired) electrons. The Balaban J connectivity index is 2.31. The molecule has 0 heterocycles. The monoisotopic (exact) mass is 412 g/mol. The number of hydrogen-bond acceptors (Lipinski definition) is 5. The van der Waals surface area contributed by atoms with Crippen LogP contribution in [0.4, 0.5) is 0 Å². The van der Waals surface area contributed by atoms with Crippen molar-refractivity contribution in [3.8, 4) is 23.0 Å². The van der Waals surface area contributed by atoms with Gasteiger partial charge in [0.2, 0.25) is 0 Å².